The number of rotatable bonds is 8. The third kappa shape index (κ3) is 4.72. The molecule has 2 aliphatic heterocycles. The lowest BCUT2D eigenvalue weighted by molar-refractivity contribution is -0.217. The molecule has 3 heterocycles. The van der Waals surface area contributed by atoms with E-state index in [2.05, 4.69) is 9.47 Å². The van der Waals surface area contributed by atoms with Crippen LogP contribution in [0.4, 0.5) is 11.4 Å². The Kier molecular flexibility index (Phi) is 6.73. The number of nitrogens with zero attached hydrogens (tertiary/aromatic N) is 4. The molecular weight excluding hydrogens is 588 g/mol. The van der Waals surface area contributed by atoms with Crippen LogP contribution in [0.2, 0.25) is 5.02 Å². The molecule has 3 aromatic carbocycles. The number of amides is 1. The summed E-state index contributed by atoms with van der Waals surface area (Å²) in [4.78, 5) is 34.6. The Labute approximate surface area is 267 Å². The summed E-state index contributed by atoms with van der Waals surface area (Å²) in [5.74, 6) is 1.82. The number of carbonyl (C=O) groups is 2. The molecule has 4 aromatic rings. The predicted octanol–water partition coefficient (Wildman–Crippen LogP) is 6.59. The Balaban J connectivity index is 0.979. The number of piperidine rings is 1. The van der Waals surface area contributed by atoms with E-state index in [1.807, 2.05) is 67.4 Å². The summed E-state index contributed by atoms with van der Waals surface area (Å²) >= 11 is 6.55. The van der Waals surface area contributed by atoms with Crippen LogP contribution in [0.15, 0.2) is 60.7 Å². The molecule has 3 atom stereocenters. The SMILES string of the molecule is Cc1ccc(N(C)c2cccc(C(=O)N3CC4CC5(Cc6nc7ccc(C(=O)O)cc7n6C[C@@H]6CCO6)CC(C3)C45)c2)c(Cl)c1. The van der Waals surface area contributed by atoms with Gasteiger partial charge in [0, 0.05) is 44.4 Å². The Morgan fingerprint density at radius 3 is 2.53 bits per heavy atom. The fourth-order valence-corrected chi connectivity index (χ4v) is 9.15. The molecular formula is C36H37ClN4O4. The van der Waals surface area contributed by atoms with Gasteiger partial charge in [0.2, 0.25) is 0 Å². The van der Waals surface area contributed by atoms with Gasteiger partial charge in [-0.25, -0.2) is 9.78 Å². The van der Waals surface area contributed by atoms with Crippen LogP contribution >= 0.6 is 11.6 Å². The van der Waals surface area contributed by atoms with Gasteiger partial charge in [0.25, 0.3) is 5.91 Å². The first-order valence-electron chi connectivity index (χ1n) is 15.9. The number of carboxylic acid groups (broad SMARTS) is 1. The molecule has 0 bridgehead atoms. The maximum atomic E-state index is 13.8. The normalized spacial score (nSPS) is 26.4. The summed E-state index contributed by atoms with van der Waals surface area (Å²) in [5.41, 5.74) is 5.87. The van der Waals surface area contributed by atoms with E-state index in [1.165, 1.54) is 0 Å². The number of carboxylic acids is 1. The molecule has 232 valence electrons. The summed E-state index contributed by atoms with van der Waals surface area (Å²) in [6.07, 6.45) is 4.24. The van der Waals surface area contributed by atoms with E-state index in [0.717, 1.165) is 79.2 Å². The second-order valence-corrected chi connectivity index (χ2v) is 14.1. The molecule has 8 rings (SSSR count). The van der Waals surface area contributed by atoms with Crippen LogP contribution in [-0.4, -0.2) is 64.3 Å². The molecule has 2 saturated heterocycles. The average molecular weight is 625 g/mol. The Morgan fingerprint density at radius 1 is 1.07 bits per heavy atom. The smallest absolute Gasteiger partial charge is 0.335 e. The van der Waals surface area contributed by atoms with E-state index >= 15 is 0 Å². The number of imidazole rings is 1. The zero-order valence-corrected chi connectivity index (χ0v) is 26.3. The number of benzene rings is 3. The Bertz CT molecular complexity index is 1830. The van der Waals surface area contributed by atoms with E-state index in [9.17, 15) is 14.7 Å². The topological polar surface area (TPSA) is 87.9 Å². The van der Waals surface area contributed by atoms with E-state index in [0.29, 0.717) is 34.9 Å². The number of hydrogen-bond donors (Lipinski definition) is 1. The fraction of sp³-hybridized carbons (Fsp3) is 0.417. The fourth-order valence-electron chi connectivity index (χ4n) is 8.79. The van der Waals surface area contributed by atoms with Crippen molar-refractivity contribution in [2.45, 2.75) is 45.3 Å². The average Bonchev–Trinajstić information content (AvgIpc) is 3.32. The lowest BCUT2D eigenvalue weighted by Gasteiger charge is -2.71. The van der Waals surface area contributed by atoms with Crippen molar-refractivity contribution >= 4 is 45.9 Å². The molecule has 9 heteroatoms. The number of carbonyl (C=O) groups excluding carboxylic acids is 1. The molecule has 0 spiro atoms. The van der Waals surface area contributed by atoms with Crippen molar-refractivity contribution in [1.82, 2.24) is 14.5 Å². The van der Waals surface area contributed by atoms with Crippen molar-refractivity contribution in [3.8, 4) is 0 Å². The van der Waals surface area contributed by atoms with Gasteiger partial charge in [0.1, 0.15) is 5.82 Å². The maximum absolute atomic E-state index is 13.8. The lowest BCUT2D eigenvalue weighted by atomic mass is 9.36. The maximum Gasteiger partial charge on any atom is 0.335 e. The second-order valence-electron chi connectivity index (χ2n) is 13.7. The van der Waals surface area contributed by atoms with Crippen LogP contribution in [0.25, 0.3) is 11.0 Å². The molecule has 45 heavy (non-hydrogen) atoms. The van der Waals surface area contributed by atoms with Crippen LogP contribution in [0, 0.1) is 30.1 Å². The number of aryl methyl sites for hydroxylation is 1. The molecule has 0 radical (unpaired) electrons. The van der Waals surface area contributed by atoms with Crippen molar-refractivity contribution in [2.24, 2.45) is 23.2 Å². The van der Waals surface area contributed by atoms with Gasteiger partial charge in [-0.2, -0.15) is 0 Å². The van der Waals surface area contributed by atoms with Gasteiger partial charge in [-0.1, -0.05) is 23.7 Å². The summed E-state index contributed by atoms with van der Waals surface area (Å²) in [7, 11) is 1.98. The molecule has 2 saturated carbocycles. The highest BCUT2D eigenvalue weighted by Crippen LogP contribution is 2.70. The third-order valence-corrected chi connectivity index (χ3v) is 11.3. The zero-order valence-electron chi connectivity index (χ0n) is 25.6. The molecule has 2 aliphatic carbocycles. The third-order valence-electron chi connectivity index (χ3n) is 11.0. The molecule has 4 fully saturated rings. The first-order valence-corrected chi connectivity index (χ1v) is 16.3. The largest absolute Gasteiger partial charge is 0.478 e. The minimum atomic E-state index is -0.927. The standard InChI is InChI=1S/C36H37ClN4O4/c1-21-6-9-30(28(37)12-21)39(2)26-5-3-4-22(13-26)34(42)40-18-24-15-36(16-25(19-40)33(24)36)17-32-38-29-8-7-23(35(43)44)14-31(29)41(32)20-27-10-11-45-27/h3-9,12-14,24-25,27,33H,10-11,15-20H2,1-2H3,(H,43,44)/t24?,25?,27-,33?,36?/m0/s1. The summed E-state index contributed by atoms with van der Waals surface area (Å²) < 4.78 is 7.98. The first kappa shape index (κ1) is 28.6. The predicted molar refractivity (Wildman–Crippen MR) is 173 cm³/mol. The van der Waals surface area contributed by atoms with Gasteiger partial charge >= 0.3 is 5.97 Å². The van der Waals surface area contributed by atoms with Crippen molar-refractivity contribution < 1.29 is 19.4 Å². The number of hydrogen-bond acceptors (Lipinski definition) is 5. The van der Waals surface area contributed by atoms with E-state index in [1.54, 1.807) is 12.1 Å². The number of fused-ring (bicyclic) bond motifs is 1. The van der Waals surface area contributed by atoms with Crippen molar-refractivity contribution in [1.29, 1.82) is 0 Å². The Hall–Kier alpha value is -3.88. The number of halogens is 1. The Morgan fingerprint density at radius 2 is 1.84 bits per heavy atom. The van der Waals surface area contributed by atoms with Gasteiger partial charge in [0.15, 0.2) is 0 Å². The molecule has 1 aromatic heterocycles. The minimum Gasteiger partial charge on any atom is -0.478 e. The number of ether oxygens (including phenoxy) is 1. The summed E-state index contributed by atoms with van der Waals surface area (Å²) in [6, 6.07) is 19.1. The van der Waals surface area contributed by atoms with Crippen molar-refractivity contribution in [2.75, 3.05) is 31.6 Å². The van der Waals surface area contributed by atoms with Crippen LogP contribution in [0.5, 0.6) is 0 Å². The molecule has 8 nitrogen and oxygen atoms in total. The van der Waals surface area contributed by atoms with E-state index in [-0.39, 0.29) is 23.0 Å². The van der Waals surface area contributed by atoms with E-state index in [4.69, 9.17) is 21.3 Å². The van der Waals surface area contributed by atoms with Crippen LogP contribution in [0.1, 0.15) is 51.4 Å². The lowest BCUT2D eigenvalue weighted by Crippen LogP contribution is -2.70. The summed E-state index contributed by atoms with van der Waals surface area (Å²) in [6.45, 7) is 5.08. The molecule has 4 aliphatic rings. The van der Waals surface area contributed by atoms with Crippen LogP contribution in [-0.2, 0) is 17.7 Å². The number of aromatic carboxylic acids is 1. The highest BCUT2D eigenvalue weighted by Gasteiger charge is 2.67. The second kappa shape index (κ2) is 10.6. The molecule has 1 amide bonds. The quantitative estimate of drug-likeness (QED) is 0.238. The van der Waals surface area contributed by atoms with Crippen LogP contribution < -0.4 is 4.90 Å². The minimum absolute atomic E-state index is 0.0969. The molecule has 2 unspecified atom stereocenters. The van der Waals surface area contributed by atoms with Gasteiger partial charge in [-0.3, -0.25) is 4.79 Å². The number of likely N-dealkylation sites (tertiary alicyclic amines) is 1. The number of aromatic nitrogens is 2. The highest BCUT2D eigenvalue weighted by atomic mass is 35.5. The molecule has 1 N–H and O–H groups in total. The summed E-state index contributed by atoms with van der Waals surface area (Å²) in [5, 5.41) is 10.3. The highest BCUT2D eigenvalue weighted by molar-refractivity contribution is 6.33. The monoisotopic (exact) mass is 624 g/mol. The van der Waals surface area contributed by atoms with E-state index < -0.39 is 5.97 Å². The van der Waals surface area contributed by atoms with Crippen molar-refractivity contribution in [3.05, 3.63) is 88.2 Å². The zero-order chi connectivity index (χ0) is 31.0. The van der Waals surface area contributed by atoms with Gasteiger partial charge in [-0.05, 0) is 103 Å². The first-order chi connectivity index (χ1) is 21.7. The number of anilines is 2. The van der Waals surface area contributed by atoms with Gasteiger partial charge < -0.3 is 24.2 Å². The van der Waals surface area contributed by atoms with Gasteiger partial charge in [-0.15, -0.1) is 0 Å². The van der Waals surface area contributed by atoms with Crippen LogP contribution in [0.3, 0.4) is 0 Å². The van der Waals surface area contributed by atoms with Gasteiger partial charge in [0.05, 0.1) is 40.0 Å². The van der Waals surface area contributed by atoms with Crippen molar-refractivity contribution in [3.63, 3.8) is 0 Å².